The van der Waals surface area contributed by atoms with E-state index in [0.717, 1.165) is 26.1 Å². The van der Waals surface area contributed by atoms with Crippen LogP contribution in [0.5, 0.6) is 0 Å². The fourth-order valence-electron chi connectivity index (χ4n) is 3.45. The number of aliphatic hydroxyl groups is 1. The predicted octanol–water partition coefficient (Wildman–Crippen LogP) is 2.86. The fraction of sp³-hybridized carbons (Fsp3) is 0.364. The number of hydrogen-bond acceptors (Lipinski definition) is 5. The number of aromatic carboxylic acids is 1. The van der Waals surface area contributed by atoms with Gasteiger partial charge in [0.05, 0.1) is 17.2 Å². The van der Waals surface area contributed by atoms with Crippen LogP contribution in [0.3, 0.4) is 0 Å². The van der Waals surface area contributed by atoms with E-state index in [1.807, 2.05) is 24.3 Å². The van der Waals surface area contributed by atoms with Crippen molar-refractivity contribution >= 4 is 29.6 Å². The van der Waals surface area contributed by atoms with Crippen molar-refractivity contribution in [3.8, 4) is 6.07 Å². The minimum atomic E-state index is -1.38. The Hall–Kier alpha value is -2.08. The largest absolute Gasteiger partial charge is 0.611 e. The van der Waals surface area contributed by atoms with Crippen molar-refractivity contribution in [2.24, 2.45) is 0 Å². The van der Waals surface area contributed by atoms with Crippen molar-refractivity contribution in [3.05, 3.63) is 65.2 Å². The number of nitrogens with zero attached hydrogens (tertiary/aromatic N) is 2. The average Bonchev–Trinajstić information content (AvgIpc) is 2.73. The minimum Gasteiger partial charge on any atom is -0.611 e. The lowest BCUT2D eigenvalue weighted by atomic mass is 9.93. The van der Waals surface area contributed by atoms with Gasteiger partial charge in [0.1, 0.15) is 11.4 Å². The highest BCUT2D eigenvalue weighted by Crippen LogP contribution is 2.27. The standard InChI is InChI=1S/C22H24N2O4S.ClH/c23-15-18-3-1-17(2-4-18)9-12-24-13-10-22(27,11-14-24)16-29(28)20-7-5-19(6-8-20)21(25)26;/h1-8,27H,9-14,16H2,(H,25,26);1H. The summed E-state index contributed by atoms with van der Waals surface area (Å²) in [6.45, 7) is 2.35. The van der Waals surface area contributed by atoms with E-state index in [2.05, 4.69) is 11.0 Å². The Balaban J connectivity index is 0.00000320. The van der Waals surface area contributed by atoms with Gasteiger partial charge in [0, 0.05) is 19.6 Å². The van der Waals surface area contributed by atoms with E-state index < -0.39 is 22.7 Å². The Kier molecular flexibility index (Phi) is 8.71. The number of halogens is 1. The molecule has 2 aromatic carbocycles. The number of carbonyl (C=O) groups is 1. The van der Waals surface area contributed by atoms with Gasteiger partial charge in [0.25, 0.3) is 0 Å². The summed E-state index contributed by atoms with van der Waals surface area (Å²) in [6.07, 6.45) is 1.99. The van der Waals surface area contributed by atoms with Crippen LogP contribution in [0.1, 0.15) is 34.3 Å². The lowest BCUT2D eigenvalue weighted by Crippen LogP contribution is -2.48. The van der Waals surface area contributed by atoms with Crippen molar-refractivity contribution < 1.29 is 19.6 Å². The summed E-state index contributed by atoms with van der Waals surface area (Å²) in [7, 11) is 0. The lowest BCUT2D eigenvalue weighted by Gasteiger charge is -2.37. The number of carboxylic acids is 1. The van der Waals surface area contributed by atoms with Gasteiger partial charge in [-0.1, -0.05) is 12.1 Å². The van der Waals surface area contributed by atoms with Crippen LogP contribution in [0.4, 0.5) is 0 Å². The molecule has 2 N–H and O–H groups in total. The molecule has 0 aliphatic carbocycles. The third kappa shape index (κ3) is 6.46. The molecule has 1 saturated heterocycles. The smallest absolute Gasteiger partial charge is 0.335 e. The zero-order valence-corrected chi connectivity index (χ0v) is 18.1. The maximum atomic E-state index is 12.6. The molecular weight excluding hydrogens is 424 g/mol. The van der Waals surface area contributed by atoms with Crippen LogP contribution in [-0.2, 0) is 17.6 Å². The summed E-state index contributed by atoms with van der Waals surface area (Å²) in [5.74, 6) is -0.863. The van der Waals surface area contributed by atoms with Crippen LogP contribution >= 0.6 is 12.4 Å². The number of hydrogen-bond donors (Lipinski definition) is 2. The summed E-state index contributed by atoms with van der Waals surface area (Å²) in [4.78, 5) is 13.7. The van der Waals surface area contributed by atoms with Gasteiger partial charge in [-0.2, -0.15) is 5.26 Å². The highest BCUT2D eigenvalue weighted by molar-refractivity contribution is 7.91. The molecule has 0 spiro atoms. The summed E-state index contributed by atoms with van der Waals surface area (Å²) in [5, 5.41) is 28.7. The number of likely N-dealkylation sites (tertiary alicyclic amines) is 1. The van der Waals surface area contributed by atoms with Crippen molar-refractivity contribution in [2.45, 2.75) is 29.8 Å². The molecule has 8 heteroatoms. The molecule has 1 heterocycles. The Morgan fingerprint density at radius 1 is 1.13 bits per heavy atom. The summed E-state index contributed by atoms with van der Waals surface area (Å²) >= 11 is -1.38. The molecule has 0 bridgehead atoms. The molecule has 1 aliphatic heterocycles. The predicted molar refractivity (Wildman–Crippen MR) is 117 cm³/mol. The van der Waals surface area contributed by atoms with Crippen LogP contribution in [0.25, 0.3) is 0 Å². The SMILES string of the molecule is Cl.N#Cc1ccc(CCN2CCC(O)(C[S+]([O-])c3ccc(C(=O)O)cc3)CC2)cc1. The van der Waals surface area contributed by atoms with Gasteiger partial charge >= 0.3 is 5.97 Å². The second-order valence-electron chi connectivity index (χ2n) is 7.44. The van der Waals surface area contributed by atoms with Crippen LogP contribution in [0.2, 0.25) is 0 Å². The summed E-state index contributed by atoms with van der Waals surface area (Å²) in [6, 6.07) is 15.7. The molecule has 0 aromatic heterocycles. The average molecular weight is 449 g/mol. The molecule has 160 valence electrons. The molecule has 0 saturated carbocycles. The van der Waals surface area contributed by atoms with Crippen molar-refractivity contribution in [1.82, 2.24) is 4.90 Å². The molecule has 2 aromatic rings. The Morgan fingerprint density at radius 3 is 2.27 bits per heavy atom. The van der Waals surface area contributed by atoms with Gasteiger partial charge in [-0.15, -0.1) is 12.4 Å². The molecular formula is C22H25ClN2O4S. The van der Waals surface area contributed by atoms with E-state index in [9.17, 15) is 14.5 Å². The molecule has 6 nitrogen and oxygen atoms in total. The first-order valence-electron chi connectivity index (χ1n) is 9.54. The monoisotopic (exact) mass is 448 g/mol. The maximum Gasteiger partial charge on any atom is 0.335 e. The number of benzene rings is 2. The molecule has 1 aliphatic rings. The van der Waals surface area contributed by atoms with E-state index >= 15 is 0 Å². The van der Waals surface area contributed by atoms with Crippen LogP contribution < -0.4 is 0 Å². The van der Waals surface area contributed by atoms with Crippen LogP contribution in [0.15, 0.2) is 53.4 Å². The Morgan fingerprint density at radius 2 is 1.73 bits per heavy atom. The van der Waals surface area contributed by atoms with Crippen LogP contribution in [-0.4, -0.2) is 56.6 Å². The Bertz CT molecular complexity index is 876. The number of nitriles is 1. The van der Waals surface area contributed by atoms with Crippen LogP contribution in [0, 0.1) is 11.3 Å². The van der Waals surface area contributed by atoms with Gasteiger partial charge in [-0.25, -0.2) is 4.79 Å². The van der Waals surface area contributed by atoms with Crippen molar-refractivity contribution in [1.29, 1.82) is 5.26 Å². The summed E-state index contributed by atoms with van der Waals surface area (Å²) in [5.41, 5.74) is 1.01. The van der Waals surface area contributed by atoms with Gasteiger partial charge in [0.2, 0.25) is 0 Å². The normalized spacial score (nSPS) is 16.8. The molecule has 0 radical (unpaired) electrons. The van der Waals surface area contributed by atoms with E-state index in [1.165, 1.54) is 17.7 Å². The van der Waals surface area contributed by atoms with Gasteiger partial charge < -0.3 is 19.7 Å². The van der Waals surface area contributed by atoms with Gasteiger partial charge in [-0.3, -0.25) is 0 Å². The first-order valence-corrected chi connectivity index (χ1v) is 10.9. The molecule has 30 heavy (non-hydrogen) atoms. The highest BCUT2D eigenvalue weighted by Gasteiger charge is 2.37. The van der Waals surface area contributed by atoms with Crippen molar-refractivity contribution in [3.63, 3.8) is 0 Å². The van der Waals surface area contributed by atoms with E-state index in [0.29, 0.717) is 23.3 Å². The first kappa shape index (κ1) is 24.2. The maximum absolute atomic E-state index is 12.6. The van der Waals surface area contributed by atoms with E-state index in [4.69, 9.17) is 10.4 Å². The molecule has 3 rings (SSSR count). The number of carboxylic acid groups (broad SMARTS) is 1. The number of piperidine rings is 1. The van der Waals surface area contributed by atoms with Crippen molar-refractivity contribution in [2.75, 3.05) is 25.4 Å². The lowest BCUT2D eigenvalue weighted by molar-refractivity contribution is -0.00213. The summed E-state index contributed by atoms with van der Waals surface area (Å²) < 4.78 is 12.6. The highest BCUT2D eigenvalue weighted by atomic mass is 35.5. The second-order valence-corrected chi connectivity index (χ2v) is 8.90. The first-order chi connectivity index (χ1) is 13.9. The quantitative estimate of drug-likeness (QED) is 0.630. The number of rotatable bonds is 7. The molecule has 1 fully saturated rings. The third-order valence-electron chi connectivity index (χ3n) is 5.35. The zero-order valence-electron chi connectivity index (χ0n) is 16.5. The van der Waals surface area contributed by atoms with E-state index in [1.54, 1.807) is 12.1 Å². The zero-order chi connectivity index (χ0) is 20.9. The molecule has 0 amide bonds. The topological polar surface area (TPSA) is 108 Å². The fourth-order valence-corrected chi connectivity index (χ4v) is 4.83. The minimum absolute atomic E-state index is 0. The Labute approximate surface area is 185 Å². The molecule has 1 atom stereocenters. The molecule has 1 unspecified atom stereocenters. The van der Waals surface area contributed by atoms with E-state index in [-0.39, 0.29) is 23.7 Å². The third-order valence-corrected chi connectivity index (χ3v) is 6.95. The second kappa shape index (κ2) is 10.8. The van der Waals surface area contributed by atoms with Gasteiger partial charge in [-0.05, 0) is 72.4 Å². The van der Waals surface area contributed by atoms with Gasteiger partial charge in [0.15, 0.2) is 4.90 Å².